The van der Waals surface area contributed by atoms with Gasteiger partial charge in [0.15, 0.2) is 0 Å². The van der Waals surface area contributed by atoms with Gasteiger partial charge in [-0.05, 0) is 36.7 Å². The Balaban J connectivity index is 1.61. The SMILES string of the molecule is CCCC1(CNC(=O)NCCC(O)c2ccccc2)CC1. The van der Waals surface area contributed by atoms with E-state index >= 15 is 0 Å². The van der Waals surface area contributed by atoms with Crippen LogP contribution in [0.3, 0.4) is 0 Å². The molecule has 4 nitrogen and oxygen atoms in total. The minimum atomic E-state index is -0.527. The predicted octanol–water partition coefficient (Wildman–Crippen LogP) is 2.99. The van der Waals surface area contributed by atoms with Gasteiger partial charge in [0.25, 0.3) is 0 Å². The fourth-order valence-electron chi connectivity index (χ4n) is 2.72. The molecule has 1 unspecified atom stereocenters. The van der Waals surface area contributed by atoms with Crippen LogP contribution in [0.5, 0.6) is 0 Å². The minimum Gasteiger partial charge on any atom is -0.388 e. The molecule has 1 aromatic rings. The van der Waals surface area contributed by atoms with Crippen LogP contribution in [0.25, 0.3) is 0 Å². The Kier molecular flexibility index (Phi) is 5.62. The molecule has 4 heteroatoms. The molecule has 0 aromatic heterocycles. The third kappa shape index (κ3) is 5.05. The number of carbonyl (C=O) groups excluding carboxylic acids is 1. The van der Waals surface area contributed by atoms with Crippen LogP contribution in [0, 0.1) is 5.41 Å². The predicted molar refractivity (Wildman–Crippen MR) is 84.0 cm³/mol. The molecular weight excluding hydrogens is 264 g/mol. The van der Waals surface area contributed by atoms with Crippen molar-refractivity contribution < 1.29 is 9.90 Å². The molecule has 1 atom stereocenters. The maximum absolute atomic E-state index is 11.7. The van der Waals surface area contributed by atoms with E-state index in [4.69, 9.17) is 0 Å². The number of carbonyl (C=O) groups is 1. The smallest absolute Gasteiger partial charge is 0.314 e. The van der Waals surface area contributed by atoms with Crippen molar-refractivity contribution in [2.24, 2.45) is 5.41 Å². The summed E-state index contributed by atoms with van der Waals surface area (Å²) in [7, 11) is 0. The van der Waals surface area contributed by atoms with Crippen molar-refractivity contribution in [2.45, 2.75) is 45.1 Å². The number of benzene rings is 1. The third-order valence-electron chi connectivity index (χ3n) is 4.25. The van der Waals surface area contributed by atoms with Crippen molar-refractivity contribution >= 4 is 6.03 Å². The van der Waals surface area contributed by atoms with Gasteiger partial charge in [0.05, 0.1) is 6.10 Å². The van der Waals surface area contributed by atoms with Crippen molar-refractivity contribution in [3.05, 3.63) is 35.9 Å². The van der Waals surface area contributed by atoms with Crippen LogP contribution in [-0.2, 0) is 0 Å². The highest BCUT2D eigenvalue weighted by atomic mass is 16.3. The first kappa shape index (κ1) is 15.8. The molecule has 2 rings (SSSR count). The van der Waals surface area contributed by atoms with Crippen LogP contribution >= 0.6 is 0 Å². The van der Waals surface area contributed by atoms with E-state index in [1.807, 2.05) is 30.3 Å². The molecule has 1 aromatic carbocycles. The van der Waals surface area contributed by atoms with Gasteiger partial charge in [0.1, 0.15) is 0 Å². The van der Waals surface area contributed by atoms with Crippen LogP contribution < -0.4 is 10.6 Å². The number of urea groups is 1. The summed E-state index contributed by atoms with van der Waals surface area (Å²) >= 11 is 0. The summed E-state index contributed by atoms with van der Waals surface area (Å²) in [5, 5.41) is 15.8. The number of hydrogen-bond acceptors (Lipinski definition) is 2. The molecule has 0 heterocycles. The Morgan fingerprint density at radius 3 is 2.62 bits per heavy atom. The van der Waals surface area contributed by atoms with Gasteiger partial charge in [-0.3, -0.25) is 0 Å². The van der Waals surface area contributed by atoms with E-state index in [0.29, 0.717) is 18.4 Å². The van der Waals surface area contributed by atoms with Crippen molar-refractivity contribution in [2.75, 3.05) is 13.1 Å². The lowest BCUT2D eigenvalue weighted by Crippen LogP contribution is -2.39. The summed E-state index contributed by atoms with van der Waals surface area (Å²) in [6.45, 7) is 3.43. The largest absolute Gasteiger partial charge is 0.388 e. The zero-order valence-corrected chi connectivity index (χ0v) is 12.8. The summed E-state index contributed by atoms with van der Waals surface area (Å²) in [6, 6.07) is 9.39. The van der Waals surface area contributed by atoms with Crippen molar-refractivity contribution in [1.82, 2.24) is 10.6 Å². The topological polar surface area (TPSA) is 61.4 Å². The third-order valence-corrected chi connectivity index (χ3v) is 4.25. The van der Waals surface area contributed by atoms with Gasteiger partial charge in [-0.1, -0.05) is 43.7 Å². The summed E-state index contributed by atoms with van der Waals surface area (Å²) in [5.74, 6) is 0. The average molecular weight is 290 g/mol. The van der Waals surface area contributed by atoms with Crippen LogP contribution in [0.15, 0.2) is 30.3 Å². The van der Waals surface area contributed by atoms with Gasteiger partial charge >= 0.3 is 6.03 Å². The molecule has 1 saturated carbocycles. The van der Waals surface area contributed by atoms with Crippen molar-refractivity contribution in [1.29, 1.82) is 0 Å². The Bertz CT molecular complexity index is 443. The highest BCUT2D eigenvalue weighted by Crippen LogP contribution is 2.48. The molecule has 116 valence electrons. The first-order valence-electron chi connectivity index (χ1n) is 7.90. The quantitative estimate of drug-likeness (QED) is 0.689. The first-order valence-corrected chi connectivity index (χ1v) is 7.90. The van der Waals surface area contributed by atoms with Gasteiger partial charge in [-0.2, -0.15) is 0 Å². The molecule has 0 radical (unpaired) electrons. The zero-order chi connectivity index (χ0) is 15.1. The fourth-order valence-corrected chi connectivity index (χ4v) is 2.72. The van der Waals surface area contributed by atoms with Crippen LogP contribution in [0.1, 0.15) is 50.7 Å². The van der Waals surface area contributed by atoms with E-state index in [2.05, 4.69) is 17.6 Å². The number of hydrogen-bond donors (Lipinski definition) is 3. The van der Waals surface area contributed by atoms with Gasteiger partial charge in [0, 0.05) is 13.1 Å². The van der Waals surface area contributed by atoms with Gasteiger partial charge in [-0.25, -0.2) is 4.79 Å². The number of nitrogens with one attached hydrogen (secondary N) is 2. The van der Waals surface area contributed by atoms with E-state index in [9.17, 15) is 9.90 Å². The number of aliphatic hydroxyl groups excluding tert-OH is 1. The van der Waals surface area contributed by atoms with Gasteiger partial charge < -0.3 is 15.7 Å². The lowest BCUT2D eigenvalue weighted by Gasteiger charge is -2.16. The van der Waals surface area contributed by atoms with Gasteiger partial charge in [0.2, 0.25) is 0 Å². The Hall–Kier alpha value is -1.55. The highest BCUT2D eigenvalue weighted by Gasteiger charge is 2.41. The highest BCUT2D eigenvalue weighted by molar-refractivity contribution is 5.73. The standard InChI is InChI=1S/C17H26N2O2/c1-2-9-17(10-11-17)13-19-16(21)18-12-8-15(20)14-6-4-3-5-7-14/h3-7,15,20H,2,8-13H2,1H3,(H2,18,19,21). The molecule has 0 saturated heterocycles. The summed E-state index contributed by atoms with van der Waals surface area (Å²) in [4.78, 5) is 11.7. The summed E-state index contributed by atoms with van der Waals surface area (Å²) in [6.07, 6.45) is 4.83. The number of amides is 2. The normalized spacial score (nSPS) is 17.0. The van der Waals surface area contributed by atoms with E-state index in [0.717, 1.165) is 12.1 Å². The molecule has 0 bridgehead atoms. The maximum atomic E-state index is 11.7. The molecule has 3 N–H and O–H groups in total. The zero-order valence-electron chi connectivity index (χ0n) is 12.8. The number of rotatable bonds is 8. The molecular formula is C17H26N2O2. The van der Waals surface area contributed by atoms with Crippen molar-refractivity contribution in [3.63, 3.8) is 0 Å². The average Bonchev–Trinajstić information content (AvgIpc) is 3.26. The molecule has 0 aliphatic heterocycles. The molecule has 21 heavy (non-hydrogen) atoms. The fraction of sp³-hybridized carbons (Fsp3) is 0.588. The van der Waals surface area contributed by atoms with E-state index < -0.39 is 6.10 Å². The summed E-state index contributed by atoms with van der Waals surface area (Å²) < 4.78 is 0. The second-order valence-electron chi connectivity index (χ2n) is 6.07. The number of aliphatic hydroxyl groups is 1. The molecule has 1 aliphatic carbocycles. The van der Waals surface area contributed by atoms with Crippen LogP contribution in [0.4, 0.5) is 4.79 Å². The Labute approximate surface area is 126 Å². The molecule has 0 spiro atoms. The van der Waals surface area contributed by atoms with E-state index in [-0.39, 0.29) is 6.03 Å². The first-order chi connectivity index (χ1) is 10.2. The lowest BCUT2D eigenvalue weighted by atomic mass is 10.0. The summed E-state index contributed by atoms with van der Waals surface area (Å²) in [5.41, 5.74) is 1.26. The van der Waals surface area contributed by atoms with Crippen LogP contribution in [-0.4, -0.2) is 24.2 Å². The van der Waals surface area contributed by atoms with Crippen LogP contribution in [0.2, 0.25) is 0 Å². The second kappa shape index (κ2) is 7.46. The monoisotopic (exact) mass is 290 g/mol. The molecule has 1 aliphatic rings. The Morgan fingerprint density at radius 2 is 2.00 bits per heavy atom. The van der Waals surface area contributed by atoms with E-state index in [1.54, 1.807) is 0 Å². The lowest BCUT2D eigenvalue weighted by molar-refractivity contribution is 0.166. The second-order valence-corrected chi connectivity index (χ2v) is 6.07. The maximum Gasteiger partial charge on any atom is 0.314 e. The molecule has 1 fully saturated rings. The van der Waals surface area contributed by atoms with Gasteiger partial charge in [-0.15, -0.1) is 0 Å². The van der Waals surface area contributed by atoms with E-state index in [1.165, 1.54) is 25.7 Å². The molecule has 2 amide bonds. The van der Waals surface area contributed by atoms with Crippen molar-refractivity contribution in [3.8, 4) is 0 Å². The minimum absolute atomic E-state index is 0.127. The Morgan fingerprint density at radius 1 is 1.29 bits per heavy atom.